The molecule has 2 nitrogen and oxygen atoms in total. The number of aryl methyl sites for hydroxylation is 1. The van der Waals surface area contributed by atoms with E-state index in [0.717, 1.165) is 6.54 Å². The van der Waals surface area contributed by atoms with Crippen molar-refractivity contribution >= 4 is 0 Å². The molecule has 1 aliphatic carbocycles. The minimum absolute atomic E-state index is 0.247. The van der Waals surface area contributed by atoms with Gasteiger partial charge in [-0.3, -0.25) is 0 Å². The van der Waals surface area contributed by atoms with Gasteiger partial charge < -0.3 is 10.1 Å². The third kappa shape index (κ3) is 3.49. The lowest BCUT2D eigenvalue weighted by molar-refractivity contribution is -0.0628. The highest BCUT2D eigenvalue weighted by atomic mass is 16.5. The summed E-state index contributed by atoms with van der Waals surface area (Å²) >= 11 is 0. The molecule has 1 spiro atoms. The number of hydrogen-bond acceptors (Lipinski definition) is 2. The normalized spacial score (nSPS) is 26.1. The summed E-state index contributed by atoms with van der Waals surface area (Å²) in [5, 5.41) is 3.68. The van der Waals surface area contributed by atoms with Crippen molar-refractivity contribution in [2.75, 3.05) is 6.54 Å². The van der Waals surface area contributed by atoms with E-state index in [1.165, 1.54) is 56.1 Å². The molecule has 1 heterocycles. The molecule has 1 aliphatic heterocycles. The highest BCUT2D eigenvalue weighted by molar-refractivity contribution is 5.28. The van der Waals surface area contributed by atoms with E-state index in [0.29, 0.717) is 12.1 Å². The van der Waals surface area contributed by atoms with Crippen molar-refractivity contribution in [3.05, 3.63) is 35.4 Å². The topological polar surface area (TPSA) is 21.3 Å². The quantitative estimate of drug-likeness (QED) is 0.878. The summed E-state index contributed by atoms with van der Waals surface area (Å²) in [6.07, 6.45) is 9.62. The third-order valence-corrected chi connectivity index (χ3v) is 5.41. The van der Waals surface area contributed by atoms with E-state index in [9.17, 15) is 0 Å². The number of nitrogens with one attached hydrogen (secondary N) is 1. The van der Waals surface area contributed by atoms with Crippen LogP contribution >= 0.6 is 0 Å². The molecule has 0 amide bonds. The summed E-state index contributed by atoms with van der Waals surface area (Å²) in [6.45, 7) is 5.43. The zero-order chi connectivity index (χ0) is 14.7. The Morgan fingerprint density at radius 2 is 1.95 bits per heavy atom. The van der Waals surface area contributed by atoms with Gasteiger partial charge in [-0.2, -0.15) is 0 Å². The predicted octanol–water partition coefficient (Wildman–Crippen LogP) is 4.53. The molecule has 1 aromatic carbocycles. The summed E-state index contributed by atoms with van der Waals surface area (Å²) < 4.78 is 6.44. The largest absolute Gasteiger partial charge is 0.370 e. The Bertz CT molecular complexity index is 464. The summed E-state index contributed by atoms with van der Waals surface area (Å²) in [6, 6.07) is 9.06. The molecule has 0 aromatic heterocycles. The summed E-state index contributed by atoms with van der Waals surface area (Å²) in [5.41, 5.74) is 3.02. The van der Waals surface area contributed by atoms with Gasteiger partial charge in [0.1, 0.15) is 0 Å². The van der Waals surface area contributed by atoms with Crippen LogP contribution in [-0.4, -0.2) is 18.2 Å². The monoisotopic (exact) mass is 287 g/mol. The molecule has 116 valence electrons. The fourth-order valence-electron chi connectivity index (χ4n) is 4.09. The molecule has 1 saturated heterocycles. The van der Waals surface area contributed by atoms with Crippen LogP contribution in [0.3, 0.4) is 0 Å². The maximum absolute atomic E-state index is 6.44. The smallest absolute Gasteiger partial charge is 0.0708 e. The van der Waals surface area contributed by atoms with Crippen molar-refractivity contribution in [1.29, 1.82) is 0 Å². The van der Waals surface area contributed by atoms with Crippen molar-refractivity contribution in [3.63, 3.8) is 0 Å². The maximum atomic E-state index is 6.44. The highest BCUT2D eigenvalue weighted by Gasteiger charge is 2.40. The van der Waals surface area contributed by atoms with Crippen LogP contribution in [0.1, 0.15) is 69.0 Å². The molecule has 1 saturated carbocycles. The minimum Gasteiger partial charge on any atom is -0.370 e. The second-order valence-electron chi connectivity index (χ2n) is 7.01. The summed E-state index contributed by atoms with van der Waals surface area (Å²) in [7, 11) is 0. The molecule has 2 unspecified atom stereocenters. The van der Waals surface area contributed by atoms with E-state index in [4.69, 9.17) is 4.74 Å². The Morgan fingerprint density at radius 1 is 1.19 bits per heavy atom. The second kappa shape index (κ2) is 6.50. The molecule has 2 aliphatic rings. The van der Waals surface area contributed by atoms with Gasteiger partial charge in [-0.15, -0.1) is 0 Å². The van der Waals surface area contributed by atoms with E-state index >= 15 is 0 Å². The van der Waals surface area contributed by atoms with E-state index in [1.54, 1.807) is 0 Å². The summed E-state index contributed by atoms with van der Waals surface area (Å²) in [5.74, 6) is 0. The Morgan fingerprint density at radius 3 is 2.71 bits per heavy atom. The molecule has 2 atom stereocenters. The van der Waals surface area contributed by atoms with Crippen molar-refractivity contribution in [1.82, 2.24) is 5.32 Å². The minimum atomic E-state index is 0.247. The van der Waals surface area contributed by atoms with Crippen LogP contribution in [0.4, 0.5) is 0 Å². The van der Waals surface area contributed by atoms with Crippen molar-refractivity contribution in [3.8, 4) is 0 Å². The summed E-state index contributed by atoms with van der Waals surface area (Å²) in [4.78, 5) is 0. The van der Waals surface area contributed by atoms with Gasteiger partial charge in [0.25, 0.3) is 0 Å². The van der Waals surface area contributed by atoms with Gasteiger partial charge >= 0.3 is 0 Å². The van der Waals surface area contributed by atoms with Crippen LogP contribution in [0, 0.1) is 6.92 Å². The van der Waals surface area contributed by atoms with Gasteiger partial charge in [-0.25, -0.2) is 0 Å². The average Bonchev–Trinajstić information content (AvgIpc) is 2.89. The number of rotatable bonds is 4. The van der Waals surface area contributed by atoms with Crippen LogP contribution in [0.15, 0.2) is 24.3 Å². The first-order valence-corrected chi connectivity index (χ1v) is 8.65. The Hall–Kier alpha value is -0.860. The SMILES string of the molecule is Cc1ccccc1C(C)NCC1CCC2(CCCCC2)O1. The van der Waals surface area contributed by atoms with Crippen LogP contribution in [0.25, 0.3) is 0 Å². The van der Waals surface area contributed by atoms with Gasteiger partial charge in [0, 0.05) is 12.6 Å². The molecule has 2 fully saturated rings. The van der Waals surface area contributed by atoms with Crippen LogP contribution in [0.5, 0.6) is 0 Å². The second-order valence-corrected chi connectivity index (χ2v) is 7.01. The van der Waals surface area contributed by atoms with E-state index in [-0.39, 0.29) is 5.60 Å². The molecular formula is C19H29NO. The fraction of sp³-hybridized carbons (Fsp3) is 0.684. The molecule has 3 rings (SSSR count). The molecule has 2 heteroatoms. The number of hydrogen-bond donors (Lipinski definition) is 1. The van der Waals surface area contributed by atoms with E-state index in [1.807, 2.05) is 0 Å². The first kappa shape index (κ1) is 15.1. The predicted molar refractivity (Wildman–Crippen MR) is 87.5 cm³/mol. The number of benzene rings is 1. The highest BCUT2D eigenvalue weighted by Crippen LogP contribution is 2.41. The van der Waals surface area contributed by atoms with Crippen molar-refractivity contribution < 1.29 is 4.74 Å². The molecule has 0 bridgehead atoms. The molecule has 0 radical (unpaired) electrons. The zero-order valence-corrected chi connectivity index (χ0v) is 13.5. The van der Waals surface area contributed by atoms with E-state index < -0.39 is 0 Å². The third-order valence-electron chi connectivity index (χ3n) is 5.41. The average molecular weight is 287 g/mol. The van der Waals surface area contributed by atoms with Crippen LogP contribution < -0.4 is 5.32 Å². The lowest BCUT2D eigenvalue weighted by Crippen LogP contribution is -2.35. The first-order chi connectivity index (χ1) is 10.2. The standard InChI is InChI=1S/C19H29NO/c1-15-8-4-5-9-18(15)16(2)20-14-17-10-13-19(21-17)11-6-3-7-12-19/h4-5,8-9,16-17,20H,3,6-7,10-14H2,1-2H3. The Kier molecular flexibility index (Phi) is 4.66. The van der Waals surface area contributed by atoms with Gasteiger partial charge in [-0.05, 0) is 50.7 Å². The van der Waals surface area contributed by atoms with Crippen LogP contribution in [0.2, 0.25) is 0 Å². The maximum Gasteiger partial charge on any atom is 0.0708 e. The first-order valence-electron chi connectivity index (χ1n) is 8.65. The molecule has 1 aromatic rings. The van der Waals surface area contributed by atoms with Gasteiger partial charge in [0.05, 0.1) is 11.7 Å². The Balaban J connectivity index is 1.51. The lowest BCUT2D eigenvalue weighted by Gasteiger charge is -2.33. The molecule has 21 heavy (non-hydrogen) atoms. The van der Waals surface area contributed by atoms with E-state index in [2.05, 4.69) is 43.4 Å². The van der Waals surface area contributed by atoms with Gasteiger partial charge in [0.2, 0.25) is 0 Å². The van der Waals surface area contributed by atoms with Gasteiger partial charge in [-0.1, -0.05) is 43.5 Å². The van der Waals surface area contributed by atoms with Crippen molar-refractivity contribution in [2.45, 2.75) is 76.5 Å². The Labute approximate surface area is 129 Å². The van der Waals surface area contributed by atoms with Crippen LogP contribution in [-0.2, 0) is 4.74 Å². The molecular weight excluding hydrogens is 258 g/mol. The lowest BCUT2D eigenvalue weighted by atomic mass is 9.83. The number of ether oxygens (including phenoxy) is 1. The zero-order valence-electron chi connectivity index (χ0n) is 13.5. The molecule has 1 N–H and O–H groups in total. The van der Waals surface area contributed by atoms with Gasteiger partial charge in [0.15, 0.2) is 0 Å². The van der Waals surface area contributed by atoms with Crippen molar-refractivity contribution in [2.24, 2.45) is 0 Å². The fourth-order valence-corrected chi connectivity index (χ4v) is 4.09.